The molecule has 0 aromatic carbocycles. The molecular weight excluding hydrogens is 340 g/mol. The van der Waals surface area contributed by atoms with Gasteiger partial charge in [-0.3, -0.25) is 19.2 Å². The Labute approximate surface area is 147 Å². The Morgan fingerprint density at radius 3 is 2.65 bits per heavy atom. The Hall–Kier alpha value is -3.43. The molecule has 0 unspecified atom stereocenters. The van der Waals surface area contributed by atoms with Crippen LogP contribution in [0.2, 0.25) is 0 Å². The number of piperidine rings is 1. The Kier molecular flexibility index (Phi) is 4.57. The number of carbonyl (C=O) groups is 2. The van der Waals surface area contributed by atoms with Gasteiger partial charge in [0.15, 0.2) is 5.82 Å². The standard InChI is InChI=1S/C16H18N6O4/c1-2-10(23)19-8-4-3-5-22(7-8)14-12-11(9(6-18-14)13(17)24)20-15(25)16(26)21-12/h2,6,8H,1,3-5,7H2,(H2,17,24)(H,19,23)(H,20,25)(H,21,26)/t8-/m1/s1. The zero-order valence-corrected chi connectivity index (χ0v) is 13.9. The molecule has 3 heterocycles. The quantitative estimate of drug-likeness (QED) is 0.405. The van der Waals surface area contributed by atoms with E-state index in [9.17, 15) is 19.2 Å². The molecule has 26 heavy (non-hydrogen) atoms. The lowest BCUT2D eigenvalue weighted by molar-refractivity contribution is -0.117. The van der Waals surface area contributed by atoms with Crippen LogP contribution in [0.1, 0.15) is 23.2 Å². The number of primary amides is 1. The van der Waals surface area contributed by atoms with Gasteiger partial charge in [-0.2, -0.15) is 0 Å². The van der Waals surface area contributed by atoms with Crippen LogP contribution < -0.4 is 27.1 Å². The lowest BCUT2D eigenvalue weighted by Gasteiger charge is -2.34. The summed E-state index contributed by atoms with van der Waals surface area (Å²) in [7, 11) is 0. The molecule has 0 spiro atoms. The van der Waals surface area contributed by atoms with Crippen molar-refractivity contribution in [1.82, 2.24) is 20.3 Å². The zero-order valence-electron chi connectivity index (χ0n) is 13.9. The number of nitrogens with zero attached hydrogens (tertiary/aromatic N) is 2. The number of nitrogens with two attached hydrogens (primary N) is 1. The highest BCUT2D eigenvalue weighted by atomic mass is 16.2. The number of hydrogen-bond donors (Lipinski definition) is 4. The average Bonchev–Trinajstić information content (AvgIpc) is 2.61. The van der Waals surface area contributed by atoms with E-state index in [4.69, 9.17) is 5.73 Å². The van der Waals surface area contributed by atoms with Crippen LogP contribution in [-0.2, 0) is 4.79 Å². The number of fused-ring (bicyclic) bond motifs is 1. The summed E-state index contributed by atoms with van der Waals surface area (Å²) < 4.78 is 0. The largest absolute Gasteiger partial charge is 0.365 e. The van der Waals surface area contributed by atoms with Gasteiger partial charge < -0.3 is 25.9 Å². The molecule has 2 aromatic heterocycles. The molecule has 0 aliphatic carbocycles. The Morgan fingerprint density at radius 2 is 2.00 bits per heavy atom. The smallest absolute Gasteiger partial charge is 0.314 e. The molecule has 10 nitrogen and oxygen atoms in total. The number of nitrogens with one attached hydrogen (secondary N) is 3. The van der Waals surface area contributed by atoms with Crippen molar-refractivity contribution in [3.05, 3.63) is 45.1 Å². The minimum atomic E-state index is -0.882. The van der Waals surface area contributed by atoms with Crippen molar-refractivity contribution in [2.45, 2.75) is 18.9 Å². The van der Waals surface area contributed by atoms with Gasteiger partial charge in [0.2, 0.25) is 5.91 Å². The third kappa shape index (κ3) is 3.21. The molecule has 0 radical (unpaired) electrons. The first-order valence-electron chi connectivity index (χ1n) is 8.03. The van der Waals surface area contributed by atoms with Crippen LogP contribution in [0.5, 0.6) is 0 Å². The topological polar surface area (TPSA) is 154 Å². The number of pyridine rings is 1. The molecular formula is C16H18N6O4. The Balaban J connectivity index is 2.06. The second kappa shape index (κ2) is 6.82. The average molecular weight is 358 g/mol. The number of H-pyrrole nitrogens is 2. The molecule has 1 aliphatic rings. The van der Waals surface area contributed by atoms with E-state index in [-0.39, 0.29) is 28.5 Å². The van der Waals surface area contributed by atoms with Crippen LogP contribution in [0.4, 0.5) is 5.82 Å². The van der Waals surface area contributed by atoms with Gasteiger partial charge in [0.25, 0.3) is 5.91 Å². The monoisotopic (exact) mass is 358 g/mol. The van der Waals surface area contributed by atoms with Crippen molar-refractivity contribution in [2.75, 3.05) is 18.0 Å². The minimum absolute atomic E-state index is 0.00520. The summed E-state index contributed by atoms with van der Waals surface area (Å²) in [6.07, 6.45) is 4.05. The highest BCUT2D eigenvalue weighted by molar-refractivity contribution is 6.05. The summed E-state index contributed by atoms with van der Waals surface area (Å²) in [6, 6.07) is -0.114. The van der Waals surface area contributed by atoms with Crippen LogP contribution in [0, 0.1) is 0 Å². The number of aromatic amines is 2. The number of anilines is 1. The molecule has 1 atom stereocenters. The number of amides is 2. The molecule has 136 valence electrons. The number of aromatic nitrogens is 3. The second-order valence-electron chi connectivity index (χ2n) is 6.02. The predicted octanol–water partition coefficient (Wildman–Crippen LogP) is -1.02. The molecule has 1 fully saturated rings. The van der Waals surface area contributed by atoms with E-state index in [1.165, 1.54) is 12.3 Å². The first-order valence-corrected chi connectivity index (χ1v) is 8.03. The molecule has 3 rings (SSSR count). The highest BCUT2D eigenvalue weighted by Gasteiger charge is 2.25. The molecule has 2 aromatic rings. The molecule has 10 heteroatoms. The summed E-state index contributed by atoms with van der Waals surface area (Å²) in [5, 5.41) is 2.84. The fourth-order valence-corrected chi connectivity index (χ4v) is 3.06. The second-order valence-corrected chi connectivity index (χ2v) is 6.02. The number of carbonyl (C=O) groups excluding carboxylic acids is 2. The van der Waals surface area contributed by atoms with E-state index in [1.54, 1.807) is 0 Å². The molecule has 0 saturated carbocycles. The van der Waals surface area contributed by atoms with Gasteiger partial charge in [0, 0.05) is 25.3 Å². The normalized spacial score (nSPS) is 17.1. The van der Waals surface area contributed by atoms with Crippen molar-refractivity contribution >= 4 is 28.7 Å². The van der Waals surface area contributed by atoms with Gasteiger partial charge in [-0.05, 0) is 18.9 Å². The SMILES string of the molecule is C=CC(=O)N[C@@H]1CCCN(c2ncc(C(N)=O)c3[nH]c(=O)c(=O)[nH]c23)C1. The van der Waals surface area contributed by atoms with Crippen LogP contribution in [0.25, 0.3) is 11.0 Å². The maximum Gasteiger partial charge on any atom is 0.314 e. The van der Waals surface area contributed by atoms with Crippen molar-refractivity contribution in [3.63, 3.8) is 0 Å². The fraction of sp³-hybridized carbons (Fsp3) is 0.312. The maximum absolute atomic E-state index is 11.8. The van der Waals surface area contributed by atoms with Gasteiger partial charge >= 0.3 is 11.1 Å². The maximum atomic E-state index is 11.8. The lowest BCUT2D eigenvalue weighted by Crippen LogP contribution is -2.48. The van der Waals surface area contributed by atoms with Crippen molar-refractivity contribution in [2.24, 2.45) is 5.73 Å². The predicted molar refractivity (Wildman–Crippen MR) is 95.1 cm³/mol. The van der Waals surface area contributed by atoms with Gasteiger partial charge in [-0.15, -0.1) is 0 Å². The third-order valence-corrected chi connectivity index (χ3v) is 4.26. The van der Waals surface area contributed by atoms with Gasteiger partial charge in [0.05, 0.1) is 11.1 Å². The van der Waals surface area contributed by atoms with E-state index in [1.807, 2.05) is 4.90 Å². The van der Waals surface area contributed by atoms with E-state index < -0.39 is 17.0 Å². The van der Waals surface area contributed by atoms with Gasteiger partial charge in [-0.25, -0.2) is 4.98 Å². The van der Waals surface area contributed by atoms with Crippen LogP contribution in [-0.4, -0.2) is 45.9 Å². The molecule has 1 saturated heterocycles. The molecule has 1 aliphatic heterocycles. The van der Waals surface area contributed by atoms with Crippen LogP contribution in [0.15, 0.2) is 28.4 Å². The number of rotatable bonds is 4. The summed E-state index contributed by atoms with van der Waals surface area (Å²) >= 11 is 0. The lowest BCUT2D eigenvalue weighted by atomic mass is 10.1. The summed E-state index contributed by atoms with van der Waals surface area (Å²) in [6.45, 7) is 4.53. The molecule has 2 amide bonds. The van der Waals surface area contributed by atoms with E-state index in [0.29, 0.717) is 18.9 Å². The molecule has 5 N–H and O–H groups in total. The first kappa shape index (κ1) is 17.4. The van der Waals surface area contributed by atoms with E-state index >= 15 is 0 Å². The van der Waals surface area contributed by atoms with Crippen molar-refractivity contribution < 1.29 is 9.59 Å². The molecule has 0 bridgehead atoms. The number of hydrogen-bond acceptors (Lipinski definition) is 6. The Bertz CT molecular complexity index is 1010. The fourth-order valence-electron chi connectivity index (χ4n) is 3.06. The van der Waals surface area contributed by atoms with Crippen LogP contribution >= 0.6 is 0 Å². The summed E-state index contributed by atoms with van der Waals surface area (Å²) in [4.78, 5) is 57.6. The minimum Gasteiger partial charge on any atom is -0.365 e. The third-order valence-electron chi connectivity index (χ3n) is 4.26. The summed E-state index contributed by atoms with van der Waals surface area (Å²) in [5.41, 5.74) is 3.95. The van der Waals surface area contributed by atoms with Crippen molar-refractivity contribution in [1.29, 1.82) is 0 Å². The first-order chi connectivity index (χ1) is 12.4. The van der Waals surface area contributed by atoms with Crippen molar-refractivity contribution in [3.8, 4) is 0 Å². The van der Waals surface area contributed by atoms with Crippen LogP contribution in [0.3, 0.4) is 0 Å². The Morgan fingerprint density at radius 1 is 1.31 bits per heavy atom. The summed E-state index contributed by atoms with van der Waals surface area (Å²) in [5.74, 6) is -0.640. The zero-order chi connectivity index (χ0) is 18.8. The highest BCUT2D eigenvalue weighted by Crippen LogP contribution is 2.25. The van der Waals surface area contributed by atoms with E-state index in [0.717, 1.165) is 12.8 Å². The van der Waals surface area contributed by atoms with E-state index in [2.05, 4.69) is 26.8 Å². The van der Waals surface area contributed by atoms with Gasteiger partial charge in [-0.1, -0.05) is 6.58 Å². The van der Waals surface area contributed by atoms with Gasteiger partial charge in [0.1, 0.15) is 5.52 Å².